The van der Waals surface area contributed by atoms with Crippen LogP contribution in [-0.4, -0.2) is 95.3 Å². The minimum atomic E-state index is -4.68. The molecule has 0 radical (unpaired) electrons. The first-order chi connectivity index (χ1) is 34.3. The Morgan fingerprint density at radius 2 is 1.19 bits per heavy atom. The van der Waals surface area contributed by atoms with Gasteiger partial charge in [-0.25, -0.2) is 24.1 Å². The van der Waals surface area contributed by atoms with Crippen molar-refractivity contribution in [1.29, 1.82) is 10.5 Å². The van der Waals surface area contributed by atoms with E-state index < -0.39 is 78.1 Å². The lowest BCUT2D eigenvalue weighted by Gasteiger charge is -2.44. The normalized spacial score (nSPS) is 17.9. The molecule has 4 aromatic carbocycles. The number of urea groups is 4. The molecule has 8 rings (SSSR count). The number of benzene rings is 4. The standard InChI is InChI=1S/2C24H20F3N5O4/c25-24(26,27)16-2-1-3-17(12-16)32-18-8-10-31(22(35)29-9-11-33)21(34)19(18)20(30-23(32)36)15-6-4-14(13-28)5-7-15;25-24(26,27)16-2-1-3-17(12-16)31-18-8-9-29-21(34)19(18)20(15-6-4-14(13-28)5-7-15)32(23(31)36)22(35)30-10-11-33/h1-7,12,20,33H,8-11H2,(H,29,35)(H,30,36);1-7,12,20,33H,8-11H2,(H,29,34)(H,30,35). The van der Waals surface area contributed by atoms with Gasteiger partial charge in [0.25, 0.3) is 11.8 Å². The number of carbonyl (C=O) groups excluding carboxylic acids is 6. The van der Waals surface area contributed by atoms with Crippen molar-refractivity contribution in [3.05, 3.63) is 153 Å². The number of amides is 10. The summed E-state index contributed by atoms with van der Waals surface area (Å²) in [7, 11) is 0. The fraction of sp³-hybridized carbons (Fsp3) is 0.250. The van der Waals surface area contributed by atoms with Gasteiger partial charge in [-0.05, 0) is 71.8 Å². The topological polar surface area (TPSA) is 252 Å². The van der Waals surface area contributed by atoms with E-state index in [1.807, 2.05) is 12.1 Å². The molecule has 0 saturated heterocycles. The molecule has 4 aliphatic rings. The molecular weight excluding hydrogens is 959 g/mol. The van der Waals surface area contributed by atoms with E-state index in [2.05, 4.69) is 21.3 Å². The quantitative estimate of drug-likeness (QED) is 0.111. The predicted molar refractivity (Wildman–Crippen MR) is 240 cm³/mol. The first kappa shape index (κ1) is 51.1. The van der Waals surface area contributed by atoms with Gasteiger partial charge in [-0.15, -0.1) is 0 Å². The monoisotopic (exact) mass is 998 g/mol. The third-order valence-electron chi connectivity index (χ3n) is 11.6. The number of hydrogen-bond donors (Lipinski definition) is 6. The van der Waals surface area contributed by atoms with Crippen LogP contribution in [-0.2, 0) is 21.9 Å². The van der Waals surface area contributed by atoms with Crippen LogP contribution in [0.5, 0.6) is 0 Å². The second-order valence-electron chi connectivity index (χ2n) is 16.0. The Labute approximate surface area is 405 Å². The summed E-state index contributed by atoms with van der Waals surface area (Å²) in [6.45, 7) is -1.05. The molecule has 2 atom stereocenters. The summed E-state index contributed by atoms with van der Waals surface area (Å²) >= 11 is 0. The second-order valence-corrected chi connectivity index (χ2v) is 16.0. The Morgan fingerprint density at radius 1 is 0.681 bits per heavy atom. The van der Waals surface area contributed by atoms with E-state index in [0.717, 1.165) is 56.0 Å². The number of nitriles is 2. The van der Waals surface area contributed by atoms with Crippen molar-refractivity contribution in [2.75, 3.05) is 49.2 Å². The van der Waals surface area contributed by atoms with E-state index in [1.165, 1.54) is 48.5 Å². The number of aliphatic hydroxyl groups is 2. The van der Waals surface area contributed by atoms with Gasteiger partial charge in [-0.3, -0.25) is 24.3 Å². The number of aliphatic hydroxyl groups excluding tert-OH is 2. The molecule has 72 heavy (non-hydrogen) atoms. The fourth-order valence-electron chi connectivity index (χ4n) is 8.40. The Bertz CT molecular complexity index is 2960. The van der Waals surface area contributed by atoms with Crippen molar-refractivity contribution in [2.45, 2.75) is 37.3 Å². The summed E-state index contributed by atoms with van der Waals surface area (Å²) in [5.41, 5.74) is -0.382. The summed E-state index contributed by atoms with van der Waals surface area (Å²) in [6.07, 6.45) is -9.19. The van der Waals surface area contributed by atoms with Crippen LogP contribution < -0.4 is 31.1 Å². The van der Waals surface area contributed by atoms with Crippen molar-refractivity contribution in [3.8, 4) is 12.1 Å². The molecule has 4 aromatic rings. The first-order valence-electron chi connectivity index (χ1n) is 21.7. The van der Waals surface area contributed by atoms with E-state index in [0.29, 0.717) is 22.3 Å². The van der Waals surface area contributed by atoms with Gasteiger partial charge < -0.3 is 31.5 Å². The zero-order chi connectivity index (χ0) is 52.1. The van der Waals surface area contributed by atoms with Gasteiger partial charge in [0.1, 0.15) is 6.04 Å². The third-order valence-corrected chi connectivity index (χ3v) is 11.6. The number of nitrogens with one attached hydrogen (secondary N) is 4. The number of halogens is 6. The molecule has 0 saturated carbocycles. The maximum atomic E-state index is 13.8. The summed E-state index contributed by atoms with van der Waals surface area (Å²) in [5.74, 6) is -1.33. The molecule has 0 spiro atoms. The van der Waals surface area contributed by atoms with Crippen molar-refractivity contribution in [2.24, 2.45) is 0 Å². The van der Waals surface area contributed by atoms with Crippen LogP contribution in [0.1, 0.15) is 58.3 Å². The number of nitrogens with zero attached hydrogens (tertiary/aromatic N) is 6. The molecule has 4 heterocycles. The van der Waals surface area contributed by atoms with Gasteiger partial charge >= 0.3 is 36.5 Å². The highest BCUT2D eigenvalue weighted by Crippen LogP contribution is 2.44. The van der Waals surface area contributed by atoms with Crippen molar-refractivity contribution in [1.82, 2.24) is 31.1 Å². The van der Waals surface area contributed by atoms with Gasteiger partial charge in [-0.2, -0.15) is 36.9 Å². The van der Waals surface area contributed by atoms with Crippen LogP contribution in [0.2, 0.25) is 0 Å². The molecule has 2 unspecified atom stereocenters. The molecule has 0 fully saturated rings. The van der Waals surface area contributed by atoms with Gasteiger partial charge in [0.15, 0.2) is 0 Å². The Balaban J connectivity index is 0.000000211. The summed E-state index contributed by atoms with van der Waals surface area (Å²) in [4.78, 5) is 82.9. The summed E-state index contributed by atoms with van der Waals surface area (Å²) < 4.78 is 80.3. The molecular formula is C48H40F6N10O8. The fourth-order valence-corrected chi connectivity index (χ4v) is 8.40. The van der Waals surface area contributed by atoms with Crippen LogP contribution in [0.3, 0.4) is 0 Å². The maximum absolute atomic E-state index is 13.8. The molecule has 10 amide bonds. The molecule has 0 aliphatic carbocycles. The third kappa shape index (κ3) is 10.4. The van der Waals surface area contributed by atoms with Crippen molar-refractivity contribution < 1.29 is 65.3 Å². The number of hydrogen-bond acceptors (Lipinski definition) is 10. The zero-order valence-electron chi connectivity index (χ0n) is 37.3. The number of carbonyl (C=O) groups is 6. The van der Waals surface area contributed by atoms with E-state index in [1.54, 1.807) is 12.1 Å². The lowest BCUT2D eigenvalue weighted by molar-refractivity contribution is -0.138. The Hall–Kier alpha value is -8.74. The first-order valence-corrected chi connectivity index (χ1v) is 21.7. The Kier molecular flexibility index (Phi) is 15.0. The number of alkyl halides is 6. The van der Waals surface area contributed by atoms with Crippen molar-refractivity contribution >= 4 is 47.3 Å². The van der Waals surface area contributed by atoms with Crippen LogP contribution in [0.25, 0.3) is 0 Å². The average molecular weight is 999 g/mol. The molecule has 18 nitrogen and oxygen atoms in total. The van der Waals surface area contributed by atoms with E-state index in [9.17, 15) is 55.1 Å². The summed E-state index contributed by atoms with van der Waals surface area (Å²) in [6, 6.07) is 18.5. The van der Waals surface area contributed by atoms with E-state index in [-0.39, 0.29) is 79.5 Å². The lowest BCUT2D eigenvalue weighted by atomic mass is 9.89. The van der Waals surface area contributed by atoms with Crippen LogP contribution in [0.4, 0.5) is 56.9 Å². The van der Waals surface area contributed by atoms with Crippen LogP contribution in [0.15, 0.2) is 120 Å². The lowest BCUT2D eigenvalue weighted by Crippen LogP contribution is -2.58. The number of anilines is 2. The smallest absolute Gasteiger partial charge is 0.395 e. The SMILES string of the molecule is N#Cc1ccc(C2C3=C(CCNC3=O)N(c3cccc(C(F)(F)F)c3)C(=O)N2C(=O)NCCO)cc1.N#Cc1ccc(C2NC(=O)N(c3cccc(C(F)(F)F)c3)C3=C2C(=O)N(C(=O)NCCO)CC3)cc1. The molecule has 0 aromatic heterocycles. The predicted octanol–water partition coefficient (Wildman–Crippen LogP) is 6.07. The molecule has 0 bridgehead atoms. The second kappa shape index (κ2) is 21.1. The maximum Gasteiger partial charge on any atom is 0.416 e. The molecule has 24 heteroatoms. The minimum absolute atomic E-state index is 0.00403. The highest BCUT2D eigenvalue weighted by molar-refractivity contribution is 6.12. The van der Waals surface area contributed by atoms with Gasteiger partial charge in [0.05, 0.1) is 76.2 Å². The molecule has 6 N–H and O–H groups in total. The Morgan fingerprint density at radius 3 is 1.72 bits per heavy atom. The van der Waals surface area contributed by atoms with Crippen LogP contribution in [0, 0.1) is 22.7 Å². The van der Waals surface area contributed by atoms with Gasteiger partial charge in [0, 0.05) is 50.4 Å². The molecule has 4 aliphatic heterocycles. The van der Waals surface area contributed by atoms with Crippen LogP contribution >= 0.6 is 0 Å². The number of rotatable bonds is 8. The zero-order valence-corrected chi connectivity index (χ0v) is 37.3. The molecule has 372 valence electrons. The van der Waals surface area contributed by atoms with Crippen molar-refractivity contribution in [3.63, 3.8) is 0 Å². The van der Waals surface area contributed by atoms with E-state index >= 15 is 0 Å². The largest absolute Gasteiger partial charge is 0.416 e. The number of imide groups is 2. The highest BCUT2D eigenvalue weighted by Gasteiger charge is 2.48. The summed E-state index contributed by atoms with van der Waals surface area (Å²) in [5, 5.41) is 46.4. The average Bonchev–Trinajstić information content (AvgIpc) is 3.36. The highest BCUT2D eigenvalue weighted by atomic mass is 19.4. The van der Waals surface area contributed by atoms with Gasteiger partial charge in [0.2, 0.25) is 0 Å². The van der Waals surface area contributed by atoms with Gasteiger partial charge in [-0.1, -0.05) is 36.4 Å². The van der Waals surface area contributed by atoms with E-state index in [4.69, 9.17) is 20.7 Å². The minimum Gasteiger partial charge on any atom is -0.395 e.